The van der Waals surface area contributed by atoms with Gasteiger partial charge in [-0.2, -0.15) is 0 Å². The highest BCUT2D eigenvalue weighted by Gasteiger charge is 2.33. The summed E-state index contributed by atoms with van der Waals surface area (Å²) in [4.78, 5) is 0. The zero-order valence-electron chi connectivity index (χ0n) is 7.47. The van der Waals surface area contributed by atoms with Gasteiger partial charge in [0.05, 0.1) is 0 Å². The summed E-state index contributed by atoms with van der Waals surface area (Å²) in [6.45, 7) is 6.28. The van der Waals surface area contributed by atoms with Crippen LogP contribution in [0.3, 0.4) is 0 Å². The van der Waals surface area contributed by atoms with Crippen molar-refractivity contribution in [3.8, 4) is 0 Å². The van der Waals surface area contributed by atoms with Crippen LogP contribution in [0.25, 0.3) is 0 Å². The first-order valence-electron chi connectivity index (χ1n) is 4.91. The fourth-order valence-electron chi connectivity index (χ4n) is 2.91. The van der Waals surface area contributed by atoms with E-state index in [2.05, 4.69) is 13.5 Å². The van der Waals surface area contributed by atoms with E-state index in [0.29, 0.717) is 0 Å². The van der Waals surface area contributed by atoms with Crippen molar-refractivity contribution in [3.05, 3.63) is 12.2 Å². The summed E-state index contributed by atoms with van der Waals surface area (Å²) in [5.41, 5.74) is 1.43. The first-order chi connectivity index (χ1) is 5.25. The predicted octanol–water partition coefficient (Wildman–Crippen LogP) is 3.39. The Bertz CT molecular complexity index is 157. The molecule has 2 rings (SSSR count). The maximum Gasteiger partial charge on any atom is -0.0203 e. The summed E-state index contributed by atoms with van der Waals surface area (Å²) in [6, 6.07) is 0. The lowest BCUT2D eigenvalue weighted by atomic mass is 9.78. The molecule has 0 aromatic carbocycles. The number of hydrogen-bond acceptors (Lipinski definition) is 0. The Kier molecular flexibility index (Phi) is 1.78. The lowest BCUT2D eigenvalue weighted by molar-refractivity contribution is 0.291. The summed E-state index contributed by atoms with van der Waals surface area (Å²) in [6.07, 6.45) is 7.45. The van der Waals surface area contributed by atoms with E-state index in [1.165, 1.54) is 37.7 Å². The van der Waals surface area contributed by atoms with Gasteiger partial charge in [-0.1, -0.05) is 25.0 Å². The number of rotatable bonds is 1. The lowest BCUT2D eigenvalue weighted by Crippen LogP contribution is -2.16. The number of allylic oxidation sites excluding steroid dienone is 1. The van der Waals surface area contributed by atoms with Gasteiger partial charge in [0.2, 0.25) is 0 Å². The van der Waals surface area contributed by atoms with Crippen molar-refractivity contribution < 1.29 is 0 Å². The Morgan fingerprint density at radius 2 is 1.64 bits per heavy atom. The Balaban J connectivity index is 2.02. The van der Waals surface area contributed by atoms with E-state index in [1.807, 2.05) is 0 Å². The lowest BCUT2D eigenvalue weighted by Gasteiger charge is -2.27. The Morgan fingerprint density at radius 1 is 1.09 bits per heavy atom. The molecule has 0 spiro atoms. The third-order valence-electron chi connectivity index (χ3n) is 3.58. The van der Waals surface area contributed by atoms with Gasteiger partial charge in [0.1, 0.15) is 0 Å². The molecule has 2 unspecified atom stereocenters. The monoisotopic (exact) mass is 150 g/mol. The third-order valence-corrected chi connectivity index (χ3v) is 3.58. The third kappa shape index (κ3) is 1.36. The van der Waals surface area contributed by atoms with Crippen LogP contribution in [0.15, 0.2) is 12.2 Å². The molecule has 62 valence electrons. The zero-order chi connectivity index (χ0) is 7.84. The second-order valence-electron chi connectivity index (χ2n) is 4.56. The van der Waals surface area contributed by atoms with Gasteiger partial charge in [0.15, 0.2) is 0 Å². The van der Waals surface area contributed by atoms with E-state index in [0.717, 1.165) is 17.8 Å². The van der Waals surface area contributed by atoms with Gasteiger partial charge in [0.25, 0.3) is 0 Å². The molecule has 0 N–H and O–H groups in total. The first-order valence-corrected chi connectivity index (χ1v) is 4.91. The molecular weight excluding hydrogens is 132 g/mol. The number of fused-ring (bicyclic) bond motifs is 2. The van der Waals surface area contributed by atoms with Gasteiger partial charge >= 0.3 is 0 Å². The Morgan fingerprint density at radius 3 is 2.09 bits per heavy atom. The summed E-state index contributed by atoms with van der Waals surface area (Å²) < 4.78 is 0. The quantitative estimate of drug-likeness (QED) is 0.503. The topological polar surface area (TPSA) is 0 Å². The van der Waals surface area contributed by atoms with Crippen molar-refractivity contribution >= 4 is 0 Å². The second-order valence-corrected chi connectivity index (χ2v) is 4.56. The summed E-state index contributed by atoms with van der Waals surface area (Å²) in [5, 5.41) is 0. The standard InChI is InChI=1S/C11H18/c1-8(2)11-6-9-3-4-10(5-9)7-11/h9-11H,1,3-7H2,2H3. The van der Waals surface area contributed by atoms with Gasteiger partial charge in [-0.25, -0.2) is 0 Å². The summed E-state index contributed by atoms with van der Waals surface area (Å²) in [7, 11) is 0. The van der Waals surface area contributed by atoms with Crippen LogP contribution >= 0.6 is 0 Å². The molecule has 0 amide bonds. The van der Waals surface area contributed by atoms with Crippen LogP contribution < -0.4 is 0 Å². The molecule has 0 aromatic heterocycles. The molecule has 11 heavy (non-hydrogen) atoms. The number of hydrogen-bond donors (Lipinski definition) is 0. The molecule has 2 aliphatic carbocycles. The van der Waals surface area contributed by atoms with E-state index in [9.17, 15) is 0 Å². The van der Waals surface area contributed by atoms with Crippen LogP contribution in [0, 0.1) is 17.8 Å². The summed E-state index contributed by atoms with van der Waals surface area (Å²) in [5.74, 6) is 3.01. The molecule has 0 aromatic rings. The van der Waals surface area contributed by atoms with Gasteiger partial charge in [0, 0.05) is 0 Å². The van der Waals surface area contributed by atoms with Crippen molar-refractivity contribution in [1.29, 1.82) is 0 Å². The zero-order valence-corrected chi connectivity index (χ0v) is 7.47. The maximum absolute atomic E-state index is 4.08. The molecule has 2 bridgehead atoms. The van der Waals surface area contributed by atoms with Gasteiger partial charge in [-0.15, -0.1) is 0 Å². The molecule has 0 radical (unpaired) electrons. The van der Waals surface area contributed by atoms with E-state index in [4.69, 9.17) is 0 Å². The van der Waals surface area contributed by atoms with Crippen LogP contribution in [-0.2, 0) is 0 Å². The molecule has 0 nitrogen and oxygen atoms in total. The van der Waals surface area contributed by atoms with Crippen LogP contribution in [0.2, 0.25) is 0 Å². The molecule has 0 heterocycles. The van der Waals surface area contributed by atoms with Crippen molar-refractivity contribution in [3.63, 3.8) is 0 Å². The fraction of sp³-hybridized carbons (Fsp3) is 0.818. The smallest absolute Gasteiger partial charge is 0.0203 e. The SMILES string of the molecule is C=C(C)C1CC2CCC(C2)C1. The van der Waals surface area contributed by atoms with Crippen LogP contribution in [-0.4, -0.2) is 0 Å². The van der Waals surface area contributed by atoms with Crippen molar-refractivity contribution in [1.82, 2.24) is 0 Å². The predicted molar refractivity (Wildman–Crippen MR) is 48.4 cm³/mol. The molecule has 0 aliphatic heterocycles. The Hall–Kier alpha value is -0.260. The average molecular weight is 150 g/mol. The van der Waals surface area contributed by atoms with E-state index < -0.39 is 0 Å². The Labute approximate surface area is 69.7 Å². The second kappa shape index (κ2) is 2.66. The normalized spacial score (nSPS) is 42.5. The minimum absolute atomic E-state index is 0.876. The van der Waals surface area contributed by atoms with E-state index in [1.54, 1.807) is 0 Å². The molecule has 2 fully saturated rings. The molecule has 2 aliphatic rings. The molecule has 2 atom stereocenters. The minimum atomic E-state index is 0.876. The molecular formula is C11H18. The van der Waals surface area contributed by atoms with E-state index in [-0.39, 0.29) is 0 Å². The molecule has 2 saturated carbocycles. The fourth-order valence-corrected chi connectivity index (χ4v) is 2.91. The highest BCUT2D eigenvalue weighted by Crippen LogP contribution is 2.46. The highest BCUT2D eigenvalue weighted by molar-refractivity contribution is 5.01. The molecule has 0 saturated heterocycles. The van der Waals surface area contributed by atoms with Crippen LogP contribution in [0.4, 0.5) is 0 Å². The first kappa shape index (κ1) is 7.39. The van der Waals surface area contributed by atoms with Gasteiger partial charge in [-0.05, 0) is 43.9 Å². The average Bonchev–Trinajstić information content (AvgIpc) is 2.30. The van der Waals surface area contributed by atoms with Gasteiger partial charge < -0.3 is 0 Å². The summed E-state index contributed by atoms with van der Waals surface area (Å²) >= 11 is 0. The largest absolute Gasteiger partial charge is 0.0999 e. The van der Waals surface area contributed by atoms with Crippen molar-refractivity contribution in [2.45, 2.75) is 39.0 Å². The van der Waals surface area contributed by atoms with Gasteiger partial charge in [-0.3, -0.25) is 0 Å². The van der Waals surface area contributed by atoms with Crippen molar-refractivity contribution in [2.75, 3.05) is 0 Å². The maximum atomic E-state index is 4.08. The highest BCUT2D eigenvalue weighted by atomic mass is 14.4. The van der Waals surface area contributed by atoms with Crippen LogP contribution in [0.5, 0.6) is 0 Å². The van der Waals surface area contributed by atoms with E-state index >= 15 is 0 Å². The van der Waals surface area contributed by atoms with Crippen LogP contribution in [0.1, 0.15) is 39.0 Å². The van der Waals surface area contributed by atoms with Crippen molar-refractivity contribution in [2.24, 2.45) is 17.8 Å². The minimum Gasteiger partial charge on any atom is -0.0999 e. The molecule has 0 heteroatoms.